The number of amides is 1. The zero-order chi connectivity index (χ0) is 14.7. The summed E-state index contributed by atoms with van der Waals surface area (Å²) in [4.78, 5) is 25.6. The molecule has 1 N–H and O–H groups in total. The normalized spacial score (nSPS) is 19.8. The Labute approximate surface area is 117 Å². The van der Waals surface area contributed by atoms with Gasteiger partial charge in [0.05, 0.1) is 7.11 Å². The molecule has 5 nitrogen and oxygen atoms in total. The maximum absolute atomic E-state index is 12.1. The third kappa shape index (κ3) is 2.66. The van der Waals surface area contributed by atoms with Gasteiger partial charge in [0.1, 0.15) is 5.75 Å². The Balaban J connectivity index is 2.33. The number of methoxy groups -OCH3 is 1. The van der Waals surface area contributed by atoms with Crippen LogP contribution in [0.1, 0.15) is 18.0 Å². The summed E-state index contributed by atoms with van der Waals surface area (Å²) >= 11 is 0. The lowest BCUT2D eigenvalue weighted by molar-refractivity contribution is -0.151. The number of carbonyl (C=O) groups excluding carboxylic acids is 2. The average molecular weight is 275 g/mol. The second kappa shape index (κ2) is 5.77. The van der Waals surface area contributed by atoms with Crippen molar-refractivity contribution < 1.29 is 19.4 Å². The van der Waals surface area contributed by atoms with Gasteiger partial charge in [0, 0.05) is 18.9 Å². The van der Waals surface area contributed by atoms with Crippen molar-refractivity contribution in [3.05, 3.63) is 42.5 Å². The van der Waals surface area contributed by atoms with Crippen molar-refractivity contribution in [2.75, 3.05) is 13.7 Å². The topological polar surface area (TPSA) is 66.8 Å². The van der Waals surface area contributed by atoms with Crippen LogP contribution in [0.3, 0.4) is 0 Å². The number of esters is 1. The predicted octanol–water partition coefficient (Wildman–Crippen LogP) is 1.64. The first-order valence-corrected chi connectivity index (χ1v) is 6.35. The first-order valence-electron chi connectivity index (χ1n) is 6.35. The Morgan fingerprint density at radius 3 is 2.65 bits per heavy atom. The third-order valence-corrected chi connectivity index (χ3v) is 3.47. The van der Waals surface area contributed by atoms with E-state index in [0.717, 1.165) is 0 Å². The van der Waals surface area contributed by atoms with Crippen molar-refractivity contribution in [3.8, 4) is 5.75 Å². The van der Waals surface area contributed by atoms with Crippen LogP contribution in [0.25, 0.3) is 0 Å². The Hall–Kier alpha value is -2.30. The van der Waals surface area contributed by atoms with Crippen LogP contribution >= 0.6 is 0 Å². The van der Waals surface area contributed by atoms with E-state index in [-0.39, 0.29) is 17.6 Å². The van der Waals surface area contributed by atoms with Crippen molar-refractivity contribution in [1.29, 1.82) is 0 Å². The summed E-state index contributed by atoms with van der Waals surface area (Å²) in [5.41, 5.74) is 0.618. The fraction of sp³-hybridized carbons (Fsp3) is 0.333. The smallest absolute Gasteiger partial charge is 0.333 e. The predicted molar refractivity (Wildman–Crippen MR) is 72.9 cm³/mol. The molecule has 1 heterocycles. The fourth-order valence-electron chi connectivity index (χ4n) is 2.38. The number of hydrogen-bond acceptors (Lipinski definition) is 4. The van der Waals surface area contributed by atoms with Crippen LogP contribution in [0.5, 0.6) is 5.75 Å². The van der Waals surface area contributed by atoms with Crippen LogP contribution in [0.15, 0.2) is 36.9 Å². The van der Waals surface area contributed by atoms with E-state index in [2.05, 4.69) is 6.58 Å². The SMILES string of the molecule is C=CC1CC(=O)N([C@@H](C(=O)OC)c2ccc(O)cc2)C1. The number of phenols is 1. The molecule has 1 saturated heterocycles. The summed E-state index contributed by atoms with van der Waals surface area (Å²) in [5.74, 6) is -0.437. The van der Waals surface area contributed by atoms with Gasteiger partial charge in [0.2, 0.25) is 5.91 Å². The molecule has 106 valence electrons. The Bertz CT molecular complexity index is 523. The van der Waals surface area contributed by atoms with Gasteiger partial charge in [-0.15, -0.1) is 6.58 Å². The number of aromatic hydroxyl groups is 1. The zero-order valence-corrected chi connectivity index (χ0v) is 11.3. The molecule has 2 rings (SSSR count). The highest BCUT2D eigenvalue weighted by atomic mass is 16.5. The second-order valence-electron chi connectivity index (χ2n) is 4.76. The molecule has 1 fully saturated rings. The number of phenolic OH excluding ortho intramolecular Hbond substituents is 1. The molecule has 0 aliphatic carbocycles. The summed E-state index contributed by atoms with van der Waals surface area (Å²) in [6.45, 7) is 4.14. The number of nitrogens with zero attached hydrogens (tertiary/aromatic N) is 1. The third-order valence-electron chi connectivity index (χ3n) is 3.47. The van der Waals surface area contributed by atoms with Crippen LogP contribution in [0, 0.1) is 5.92 Å². The van der Waals surface area contributed by atoms with Gasteiger partial charge in [0.25, 0.3) is 0 Å². The number of hydrogen-bond donors (Lipinski definition) is 1. The van der Waals surface area contributed by atoms with E-state index in [1.54, 1.807) is 18.2 Å². The molecule has 1 amide bonds. The molecule has 0 bridgehead atoms. The van der Waals surface area contributed by atoms with Gasteiger partial charge in [-0.2, -0.15) is 0 Å². The van der Waals surface area contributed by atoms with Gasteiger partial charge >= 0.3 is 5.97 Å². The average Bonchev–Trinajstić information content (AvgIpc) is 2.82. The summed E-state index contributed by atoms with van der Waals surface area (Å²) in [6.07, 6.45) is 2.08. The molecule has 0 radical (unpaired) electrons. The molecule has 1 aliphatic heterocycles. The largest absolute Gasteiger partial charge is 0.508 e. The lowest BCUT2D eigenvalue weighted by Crippen LogP contribution is -2.36. The van der Waals surface area contributed by atoms with E-state index in [9.17, 15) is 14.7 Å². The molecule has 20 heavy (non-hydrogen) atoms. The van der Waals surface area contributed by atoms with Crippen LogP contribution < -0.4 is 0 Å². The lowest BCUT2D eigenvalue weighted by atomic mass is 10.1. The minimum atomic E-state index is -0.780. The van der Waals surface area contributed by atoms with Gasteiger partial charge in [-0.25, -0.2) is 4.79 Å². The summed E-state index contributed by atoms with van der Waals surface area (Å²) in [7, 11) is 1.29. The van der Waals surface area contributed by atoms with Crippen molar-refractivity contribution in [3.63, 3.8) is 0 Å². The number of rotatable bonds is 4. The molecule has 0 saturated carbocycles. The highest BCUT2D eigenvalue weighted by Crippen LogP contribution is 2.30. The molecular formula is C15H17NO4. The van der Waals surface area contributed by atoms with E-state index in [4.69, 9.17) is 4.74 Å². The molecule has 2 atom stereocenters. The molecule has 0 spiro atoms. The van der Waals surface area contributed by atoms with Crippen LogP contribution in [0.4, 0.5) is 0 Å². The van der Waals surface area contributed by atoms with E-state index < -0.39 is 12.0 Å². The van der Waals surface area contributed by atoms with Crippen molar-refractivity contribution in [1.82, 2.24) is 4.90 Å². The molecule has 1 unspecified atom stereocenters. The number of ether oxygens (including phenoxy) is 1. The van der Waals surface area contributed by atoms with Crippen LogP contribution in [-0.4, -0.2) is 35.5 Å². The highest BCUT2D eigenvalue weighted by Gasteiger charge is 2.38. The van der Waals surface area contributed by atoms with Gasteiger partial charge in [-0.3, -0.25) is 4.79 Å². The van der Waals surface area contributed by atoms with Crippen LogP contribution in [0.2, 0.25) is 0 Å². The molecule has 0 aromatic heterocycles. The van der Waals surface area contributed by atoms with Gasteiger partial charge in [0.15, 0.2) is 6.04 Å². The quantitative estimate of drug-likeness (QED) is 0.670. The molecule has 1 aliphatic rings. The van der Waals surface area contributed by atoms with Gasteiger partial charge < -0.3 is 14.7 Å². The maximum atomic E-state index is 12.1. The molecular weight excluding hydrogens is 258 g/mol. The van der Waals surface area contributed by atoms with Crippen molar-refractivity contribution in [2.45, 2.75) is 12.5 Å². The van der Waals surface area contributed by atoms with Crippen molar-refractivity contribution >= 4 is 11.9 Å². The molecule has 5 heteroatoms. The minimum Gasteiger partial charge on any atom is -0.508 e. The first-order chi connectivity index (χ1) is 9.56. The molecule has 1 aromatic carbocycles. The summed E-state index contributed by atoms with van der Waals surface area (Å²) in [5, 5.41) is 9.32. The lowest BCUT2D eigenvalue weighted by Gasteiger charge is -2.26. The van der Waals surface area contributed by atoms with Gasteiger partial charge in [-0.05, 0) is 17.7 Å². The van der Waals surface area contributed by atoms with E-state index in [1.165, 1.54) is 24.1 Å². The Kier molecular flexibility index (Phi) is 4.08. The highest BCUT2D eigenvalue weighted by molar-refractivity contribution is 5.87. The zero-order valence-electron chi connectivity index (χ0n) is 11.3. The standard InChI is InChI=1S/C15H17NO4/c1-3-10-8-13(18)16(9-10)14(15(19)20-2)11-4-6-12(17)7-5-11/h3-7,10,14,17H,1,8-9H2,2H3/t10?,14-/m1/s1. The molecule has 1 aromatic rings. The van der Waals surface area contributed by atoms with E-state index >= 15 is 0 Å². The fourth-order valence-corrected chi connectivity index (χ4v) is 2.38. The number of carbonyl (C=O) groups is 2. The van der Waals surface area contributed by atoms with Crippen LogP contribution in [-0.2, 0) is 14.3 Å². The summed E-state index contributed by atoms with van der Waals surface area (Å²) in [6, 6.07) is 5.42. The second-order valence-corrected chi connectivity index (χ2v) is 4.76. The number of benzene rings is 1. The first kappa shape index (κ1) is 14.1. The monoisotopic (exact) mass is 275 g/mol. The van der Waals surface area contributed by atoms with Gasteiger partial charge in [-0.1, -0.05) is 18.2 Å². The van der Waals surface area contributed by atoms with Crippen molar-refractivity contribution in [2.24, 2.45) is 5.92 Å². The maximum Gasteiger partial charge on any atom is 0.333 e. The van der Waals surface area contributed by atoms with E-state index in [1.807, 2.05) is 0 Å². The Morgan fingerprint density at radius 1 is 1.50 bits per heavy atom. The van der Waals surface area contributed by atoms with E-state index in [0.29, 0.717) is 18.5 Å². The number of likely N-dealkylation sites (tertiary alicyclic amines) is 1. The minimum absolute atomic E-state index is 0.0479. The summed E-state index contributed by atoms with van der Waals surface area (Å²) < 4.78 is 4.81. The Morgan fingerprint density at radius 2 is 2.15 bits per heavy atom.